The number of carbonyl (C=O) groups is 1. The zero-order chi connectivity index (χ0) is 18.7. The molecule has 26 heavy (non-hydrogen) atoms. The fourth-order valence-electron chi connectivity index (χ4n) is 2.36. The molecule has 1 heterocycles. The molecule has 0 amide bonds. The van der Waals surface area contributed by atoms with Gasteiger partial charge in [0.25, 0.3) is 0 Å². The van der Waals surface area contributed by atoms with E-state index in [1.54, 1.807) is 56.3 Å². The van der Waals surface area contributed by atoms with Crippen LogP contribution in [0.5, 0.6) is 5.75 Å². The summed E-state index contributed by atoms with van der Waals surface area (Å²) in [7, 11) is 0. The van der Waals surface area contributed by atoms with Crippen LogP contribution in [0.2, 0.25) is 5.02 Å². The SMILES string of the molecule is CC(C)OC(=O)c1ccc(COc2ccc3c(=O)c(Cl)coc3c2)cc1. The van der Waals surface area contributed by atoms with Crippen LogP contribution >= 0.6 is 11.6 Å². The number of carbonyl (C=O) groups excluding carboxylic acids is 1. The molecular weight excluding hydrogens is 356 g/mol. The molecule has 3 aromatic rings. The highest BCUT2D eigenvalue weighted by Crippen LogP contribution is 2.21. The van der Waals surface area contributed by atoms with E-state index in [1.807, 2.05) is 0 Å². The lowest BCUT2D eigenvalue weighted by atomic mass is 10.1. The molecule has 0 saturated carbocycles. The van der Waals surface area contributed by atoms with Crippen LogP contribution in [-0.4, -0.2) is 12.1 Å². The van der Waals surface area contributed by atoms with Crippen molar-refractivity contribution in [3.8, 4) is 5.75 Å². The summed E-state index contributed by atoms with van der Waals surface area (Å²) in [5.74, 6) is 0.210. The Kier molecular flexibility index (Phi) is 5.28. The molecule has 0 bridgehead atoms. The van der Waals surface area contributed by atoms with Gasteiger partial charge in [-0.25, -0.2) is 4.79 Å². The summed E-state index contributed by atoms with van der Waals surface area (Å²) in [6, 6.07) is 11.9. The normalized spacial score (nSPS) is 10.9. The first-order valence-corrected chi connectivity index (χ1v) is 8.45. The molecule has 0 atom stereocenters. The topological polar surface area (TPSA) is 65.7 Å². The molecule has 134 valence electrons. The summed E-state index contributed by atoms with van der Waals surface area (Å²) < 4.78 is 16.2. The minimum absolute atomic E-state index is 0.0438. The van der Waals surface area contributed by atoms with Crippen molar-refractivity contribution in [3.63, 3.8) is 0 Å². The van der Waals surface area contributed by atoms with Crippen LogP contribution in [0.15, 0.2) is 57.9 Å². The van der Waals surface area contributed by atoms with Crippen LogP contribution in [0, 0.1) is 0 Å². The Morgan fingerprint density at radius 3 is 2.58 bits per heavy atom. The molecule has 0 aliphatic carbocycles. The molecule has 0 spiro atoms. The third kappa shape index (κ3) is 4.06. The Hall–Kier alpha value is -2.79. The third-order valence-electron chi connectivity index (χ3n) is 3.64. The molecule has 6 heteroatoms. The summed E-state index contributed by atoms with van der Waals surface area (Å²) in [5, 5.41) is 0.445. The van der Waals surface area contributed by atoms with Gasteiger partial charge in [0, 0.05) is 6.07 Å². The maximum atomic E-state index is 11.9. The summed E-state index contributed by atoms with van der Waals surface area (Å²) in [6.07, 6.45) is 1.05. The first-order valence-electron chi connectivity index (χ1n) is 8.08. The Balaban J connectivity index is 1.69. The summed E-state index contributed by atoms with van der Waals surface area (Å²) in [5.41, 5.74) is 1.52. The van der Waals surface area contributed by atoms with E-state index in [2.05, 4.69) is 0 Å². The smallest absolute Gasteiger partial charge is 0.338 e. The second kappa shape index (κ2) is 7.62. The van der Waals surface area contributed by atoms with Gasteiger partial charge in [-0.2, -0.15) is 0 Å². The maximum Gasteiger partial charge on any atom is 0.338 e. The quantitative estimate of drug-likeness (QED) is 0.613. The molecule has 1 aromatic heterocycles. The van der Waals surface area contributed by atoms with Crippen molar-refractivity contribution in [2.75, 3.05) is 0 Å². The van der Waals surface area contributed by atoms with Crippen LogP contribution in [0.3, 0.4) is 0 Å². The number of rotatable bonds is 5. The van der Waals surface area contributed by atoms with Crippen molar-refractivity contribution < 1.29 is 18.7 Å². The average molecular weight is 373 g/mol. The Labute approximate surface area is 155 Å². The predicted molar refractivity (Wildman–Crippen MR) is 98.8 cm³/mol. The van der Waals surface area contributed by atoms with Gasteiger partial charge in [-0.3, -0.25) is 4.79 Å². The molecule has 3 rings (SSSR count). The first-order chi connectivity index (χ1) is 12.4. The molecule has 0 saturated heterocycles. The second-order valence-electron chi connectivity index (χ2n) is 6.01. The largest absolute Gasteiger partial charge is 0.489 e. The van der Waals surface area contributed by atoms with Gasteiger partial charge in [0.15, 0.2) is 0 Å². The Morgan fingerprint density at radius 1 is 1.15 bits per heavy atom. The maximum absolute atomic E-state index is 11.9. The lowest BCUT2D eigenvalue weighted by molar-refractivity contribution is 0.0378. The zero-order valence-corrected chi connectivity index (χ0v) is 15.1. The van der Waals surface area contributed by atoms with E-state index in [1.165, 1.54) is 6.26 Å². The first kappa shape index (κ1) is 18.0. The number of halogens is 1. The van der Waals surface area contributed by atoms with Crippen LogP contribution in [0.4, 0.5) is 0 Å². The van der Waals surface area contributed by atoms with Crippen molar-refractivity contribution in [1.82, 2.24) is 0 Å². The highest BCUT2D eigenvalue weighted by atomic mass is 35.5. The van der Waals surface area contributed by atoms with Crippen molar-refractivity contribution in [1.29, 1.82) is 0 Å². The average Bonchev–Trinajstić information content (AvgIpc) is 2.63. The van der Waals surface area contributed by atoms with Crippen molar-refractivity contribution in [3.05, 3.63) is 75.1 Å². The van der Waals surface area contributed by atoms with Crippen molar-refractivity contribution in [2.45, 2.75) is 26.6 Å². The Bertz CT molecular complexity index is 989. The van der Waals surface area contributed by atoms with E-state index < -0.39 is 0 Å². The van der Waals surface area contributed by atoms with Gasteiger partial charge in [0.1, 0.15) is 29.2 Å². The van der Waals surface area contributed by atoms with Gasteiger partial charge in [0.2, 0.25) is 5.43 Å². The van der Waals surface area contributed by atoms with E-state index in [-0.39, 0.29) is 22.5 Å². The van der Waals surface area contributed by atoms with Crippen LogP contribution in [0.1, 0.15) is 29.8 Å². The van der Waals surface area contributed by atoms with Crippen molar-refractivity contribution >= 4 is 28.5 Å². The van der Waals surface area contributed by atoms with Gasteiger partial charge in [-0.15, -0.1) is 0 Å². The van der Waals surface area contributed by atoms with Gasteiger partial charge in [0.05, 0.1) is 17.1 Å². The number of fused-ring (bicyclic) bond motifs is 1. The molecule has 2 aromatic carbocycles. The van der Waals surface area contributed by atoms with Crippen LogP contribution in [-0.2, 0) is 11.3 Å². The van der Waals surface area contributed by atoms with Gasteiger partial charge < -0.3 is 13.9 Å². The summed E-state index contributed by atoms with van der Waals surface area (Å²) >= 11 is 5.76. The number of benzene rings is 2. The molecule has 0 N–H and O–H groups in total. The predicted octanol–water partition coefficient (Wildman–Crippen LogP) is 4.59. The summed E-state index contributed by atoms with van der Waals surface area (Å²) in [4.78, 5) is 23.7. The highest BCUT2D eigenvalue weighted by Gasteiger charge is 2.09. The second-order valence-corrected chi connectivity index (χ2v) is 6.42. The van der Waals surface area contributed by atoms with E-state index >= 15 is 0 Å². The Morgan fingerprint density at radius 2 is 1.88 bits per heavy atom. The van der Waals surface area contributed by atoms with Crippen molar-refractivity contribution in [2.24, 2.45) is 0 Å². The van der Waals surface area contributed by atoms with Gasteiger partial charge >= 0.3 is 5.97 Å². The van der Waals surface area contributed by atoms with E-state index in [4.69, 9.17) is 25.5 Å². The molecule has 0 radical (unpaired) electrons. The number of ether oxygens (including phenoxy) is 2. The monoisotopic (exact) mass is 372 g/mol. The van der Waals surface area contributed by atoms with E-state index in [0.717, 1.165) is 5.56 Å². The molecular formula is C20H17ClO5. The molecule has 0 aliphatic rings. The minimum Gasteiger partial charge on any atom is -0.489 e. The fourth-order valence-corrected chi connectivity index (χ4v) is 2.51. The lowest BCUT2D eigenvalue weighted by Crippen LogP contribution is -2.11. The van der Waals surface area contributed by atoms with Gasteiger partial charge in [-0.1, -0.05) is 23.7 Å². The van der Waals surface area contributed by atoms with E-state index in [9.17, 15) is 9.59 Å². The standard InChI is InChI=1S/C20H17ClO5/c1-12(2)26-20(23)14-5-3-13(4-6-14)10-24-15-7-8-16-18(9-15)25-11-17(21)19(16)22/h3-9,11-12H,10H2,1-2H3. The minimum atomic E-state index is -0.351. The number of hydrogen-bond acceptors (Lipinski definition) is 5. The molecule has 0 aliphatic heterocycles. The molecule has 5 nitrogen and oxygen atoms in total. The van der Waals surface area contributed by atoms with Gasteiger partial charge in [-0.05, 0) is 43.7 Å². The zero-order valence-electron chi connectivity index (χ0n) is 14.3. The fraction of sp³-hybridized carbons (Fsp3) is 0.200. The van der Waals surface area contributed by atoms with Crippen LogP contribution in [0.25, 0.3) is 11.0 Å². The van der Waals surface area contributed by atoms with E-state index in [0.29, 0.717) is 28.9 Å². The number of hydrogen-bond donors (Lipinski definition) is 0. The highest BCUT2D eigenvalue weighted by molar-refractivity contribution is 6.30. The summed E-state index contributed by atoms with van der Waals surface area (Å²) in [6.45, 7) is 3.92. The molecule has 0 unspecified atom stereocenters. The van der Waals surface area contributed by atoms with Crippen LogP contribution < -0.4 is 10.2 Å². The molecule has 0 fully saturated rings. The third-order valence-corrected chi connectivity index (χ3v) is 3.90. The number of esters is 1. The lowest BCUT2D eigenvalue weighted by Gasteiger charge is -2.09.